The van der Waals surface area contributed by atoms with Gasteiger partial charge in [-0.15, -0.1) is 0 Å². The molecule has 2 fully saturated rings. The van der Waals surface area contributed by atoms with Crippen LogP contribution in [0.15, 0.2) is 30.3 Å². The molecule has 2 N–H and O–H groups in total. The fraction of sp³-hybridized carbons (Fsp3) is 0.619. The number of hydrogen-bond acceptors (Lipinski definition) is 2. The van der Waals surface area contributed by atoms with Crippen LogP contribution in [0.5, 0.6) is 0 Å². The molecule has 0 bridgehead atoms. The van der Waals surface area contributed by atoms with Crippen LogP contribution in [0.25, 0.3) is 0 Å². The Labute approximate surface area is 162 Å². The number of fused-ring (bicyclic) bond motifs is 1. The summed E-state index contributed by atoms with van der Waals surface area (Å²) in [5.74, 6) is 2.00. The van der Waals surface area contributed by atoms with Crippen LogP contribution in [0.1, 0.15) is 51.4 Å². The molecule has 1 aromatic carbocycles. The van der Waals surface area contributed by atoms with Gasteiger partial charge in [0.05, 0.1) is 0 Å². The Morgan fingerprint density at radius 3 is 2.65 bits per heavy atom. The molecule has 1 heterocycles. The number of para-hydroxylation sites is 1. The first kappa shape index (κ1) is 19.2. The van der Waals surface area contributed by atoms with Gasteiger partial charge in [-0.25, -0.2) is 0 Å². The normalized spacial score (nSPS) is 22.4. The lowest BCUT2D eigenvalue weighted by Crippen LogP contribution is -2.44. The zero-order valence-electron chi connectivity index (χ0n) is 15.6. The number of benzene rings is 1. The molecule has 5 heteroatoms. The topological polar surface area (TPSA) is 44.4 Å². The maximum absolute atomic E-state index is 12.5. The van der Waals surface area contributed by atoms with Crippen molar-refractivity contribution in [1.82, 2.24) is 10.2 Å². The number of nitrogens with one attached hydrogen (secondary N) is 2. The number of amides is 1. The van der Waals surface area contributed by atoms with Crippen LogP contribution >= 0.6 is 12.2 Å². The van der Waals surface area contributed by atoms with E-state index in [0.29, 0.717) is 17.4 Å². The molecule has 26 heavy (non-hydrogen) atoms. The predicted octanol–water partition coefficient (Wildman–Crippen LogP) is 4.18. The van der Waals surface area contributed by atoms with Gasteiger partial charge in [-0.3, -0.25) is 4.79 Å². The van der Waals surface area contributed by atoms with Crippen molar-refractivity contribution in [3.05, 3.63) is 30.3 Å². The van der Waals surface area contributed by atoms with Gasteiger partial charge in [0.25, 0.3) is 0 Å². The van der Waals surface area contributed by atoms with E-state index in [0.717, 1.165) is 50.0 Å². The Morgan fingerprint density at radius 1 is 1.08 bits per heavy atom. The number of thiocarbonyl (C=S) groups is 1. The van der Waals surface area contributed by atoms with Crippen molar-refractivity contribution in [2.24, 2.45) is 11.8 Å². The Bertz CT molecular complexity index is 592. The summed E-state index contributed by atoms with van der Waals surface area (Å²) in [4.78, 5) is 14.6. The third kappa shape index (κ3) is 5.70. The predicted molar refractivity (Wildman–Crippen MR) is 111 cm³/mol. The lowest BCUT2D eigenvalue weighted by Gasteiger charge is -2.41. The molecular formula is C21H31N3OS. The molecule has 0 spiro atoms. The SMILES string of the molecule is O=C(CCCCNC(=S)Nc1ccccc1)N1CCC2CCCCC2C1. The second-order valence-corrected chi connectivity index (χ2v) is 8.05. The van der Waals surface area contributed by atoms with Crippen LogP contribution in [0.3, 0.4) is 0 Å². The van der Waals surface area contributed by atoms with Gasteiger partial charge in [0, 0.05) is 31.7 Å². The van der Waals surface area contributed by atoms with Gasteiger partial charge in [-0.05, 0) is 61.9 Å². The molecule has 2 atom stereocenters. The van der Waals surface area contributed by atoms with Crippen LogP contribution in [0.4, 0.5) is 5.69 Å². The van der Waals surface area contributed by atoms with Gasteiger partial charge in [0.1, 0.15) is 0 Å². The van der Waals surface area contributed by atoms with E-state index >= 15 is 0 Å². The number of anilines is 1. The average molecular weight is 374 g/mol. The average Bonchev–Trinajstić information content (AvgIpc) is 2.68. The number of carbonyl (C=O) groups excluding carboxylic acids is 1. The Kier molecular flexibility index (Phi) is 7.30. The zero-order chi connectivity index (χ0) is 18.2. The Balaban J connectivity index is 1.27. The van der Waals surface area contributed by atoms with E-state index in [1.807, 2.05) is 30.3 Å². The second-order valence-electron chi connectivity index (χ2n) is 7.64. The first-order valence-electron chi connectivity index (χ1n) is 10.1. The molecule has 1 saturated carbocycles. The second kappa shape index (κ2) is 9.91. The van der Waals surface area contributed by atoms with E-state index in [2.05, 4.69) is 15.5 Å². The van der Waals surface area contributed by atoms with Crippen LogP contribution in [-0.4, -0.2) is 35.6 Å². The number of nitrogens with zero attached hydrogens (tertiary/aromatic N) is 1. The van der Waals surface area contributed by atoms with Gasteiger partial charge >= 0.3 is 0 Å². The van der Waals surface area contributed by atoms with Crippen molar-refractivity contribution in [3.8, 4) is 0 Å². The lowest BCUT2D eigenvalue weighted by molar-refractivity contribution is -0.134. The highest BCUT2D eigenvalue weighted by molar-refractivity contribution is 7.80. The molecule has 4 nitrogen and oxygen atoms in total. The highest BCUT2D eigenvalue weighted by Crippen LogP contribution is 2.36. The van der Waals surface area contributed by atoms with Crippen molar-refractivity contribution >= 4 is 28.9 Å². The molecule has 1 aromatic rings. The van der Waals surface area contributed by atoms with Gasteiger partial charge < -0.3 is 15.5 Å². The van der Waals surface area contributed by atoms with E-state index in [1.54, 1.807) is 0 Å². The summed E-state index contributed by atoms with van der Waals surface area (Å²) in [5, 5.41) is 7.02. The van der Waals surface area contributed by atoms with Crippen LogP contribution in [0, 0.1) is 11.8 Å². The van der Waals surface area contributed by atoms with E-state index in [4.69, 9.17) is 12.2 Å². The molecular weight excluding hydrogens is 342 g/mol. The molecule has 2 unspecified atom stereocenters. The van der Waals surface area contributed by atoms with Crippen molar-refractivity contribution < 1.29 is 4.79 Å². The summed E-state index contributed by atoms with van der Waals surface area (Å²) >= 11 is 5.30. The fourth-order valence-electron chi connectivity index (χ4n) is 4.29. The highest BCUT2D eigenvalue weighted by atomic mass is 32.1. The zero-order valence-corrected chi connectivity index (χ0v) is 16.4. The third-order valence-corrected chi connectivity index (χ3v) is 6.02. The van der Waals surface area contributed by atoms with E-state index in [1.165, 1.54) is 32.1 Å². The molecule has 1 saturated heterocycles. The highest BCUT2D eigenvalue weighted by Gasteiger charge is 2.32. The Morgan fingerprint density at radius 2 is 1.85 bits per heavy atom. The van der Waals surface area contributed by atoms with Crippen LogP contribution < -0.4 is 10.6 Å². The number of likely N-dealkylation sites (tertiary alicyclic amines) is 1. The van der Waals surface area contributed by atoms with Crippen LogP contribution in [-0.2, 0) is 4.79 Å². The summed E-state index contributed by atoms with van der Waals surface area (Å²) in [6.07, 6.45) is 9.22. The van der Waals surface area contributed by atoms with Crippen molar-refractivity contribution in [1.29, 1.82) is 0 Å². The lowest BCUT2D eigenvalue weighted by atomic mass is 9.75. The summed E-state index contributed by atoms with van der Waals surface area (Å²) in [6, 6.07) is 9.92. The summed E-state index contributed by atoms with van der Waals surface area (Å²) in [6.45, 7) is 2.78. The molecule has 1 amide bonds. The standard InChI is InChI=1S/C21H31N3OS/c25-20(24-15-13-17-8-4-5-9-18(17)16-24)12-6-7-14-22-21(26)23-19-10-2-1-3-11-19/h1-3,10-11,17-18H,4-9,12-16H2,(H2,22,23,26). The quantitative estimate of drug-likeness (QED) is 0.580. The molecule has 0 radical (unpaired) electrons. The van der Waals surface area contributed by atoms with Crippen molar-refractivity contribution in [2.75, 3.05) is 25.0 Å². The summed E-state index contributed by atoms with van der Waals surface area (Å²) < 4.78 is 0. The fourth-order valence-corrected chi connectivity index (χ4v) is 4.51. The minimum atomic E-state index is 0.346. The maximum atomic E-state index is 12.5. The first-order valence-corrected chi connectivity index (χ1v) is 10.5. The van der Waals surface area contributed by atoms with Gasteiger partial charge in [0.15, 0.2) is 5.11 Å². The molecule has 1 aliphatic heterocycles. The van der Waals surface area contributed by atoms with E-state index in [-0.39, 0.29) is 0 Å². The first-order chi connectivity index (χ1) is 12.7. The van der Waals surface area contributed by atoms with Crippen LogP contribution in [0.2, 0.25) is 0 Å². The van der Waals surface area contributed by atoms with Gasteiger partial charge in [-0.2, -0.15) is 0 Å². The number of carbonyl (C=O) groups is 1. The van der Waals surface area contributed by atoms with Gasteiger partial charge in [-0.1, -0.05) is 37.5 Å². The number of hydrogen-bond donors (Lipinski definition) is 2. The van der Waals surface area contributed by atoms with Crippen molar-refractivity contribution in [3.63, 3.8) is 0 Å². The van der Waals surface area contributed by atoms with Gasteiger partial charge in [0.2, 0.25) is 5.91 Å². The summed E-state index contributed by atoms with van der Waals surface area (Å²) in [5.41, 5.74) is 0.992. The molecule has 3 rings (SSSR count). The third-order valence-electron chi connectivity index (χ3n) is 5.78. The Hall–Kier alpha value is -1.62. The largest absolute Gasteiger partial charge is 0.362 e. The molecule has 142 valence electrons. The number of rotatable bonds is 6. The molecule has 1 aliphatic carbocycles. The van der Waals surface area contributed by atoms with Crippen molar-refractivity contribution in [2.45, 2.75) is 51.4 Å². The maximum Gasteiger partial charge on any atom is 0.222 e. The minimum absolute atomic E-state index is 0.346. The van der Waals surface area contributed by atoms with E-state index in [9.17, 15) is 4.79 Å². The summed E-state index contributed by atoms with van der Waals surface area (Å²) in [7, 11) is 0. The smallest absolute Gasteiger partial charge is 0.222 e. The van der Waals surface area contributed by atoms with E-state index < -0.39 is 0 Å². The molecule has 0 aromatic heterocycles. The monoisotopic (exact) mass is 373 g/mol. The number of piperidine rings is 1. The minimum Gasteiger partial charge on any atom is -0.362 e. The molecule has 2 aliphatic rings. The number of unbranched alkanes of at least 4 members (excludes halogenated alkanes) is 1.